The third-order valence-electron chi connectivity index (χ3n) is 5.98. The van der Waals surface area contributed by atoms with Crippen LogP contribution in [0.1, 0.15) is 44.9 Å². The van der Waals surface area contributed by atoms with Crippen LogP contribution in [0, 0.1) is 11.3 Å². The molecular formula is C23H27BN2O6. The lowest BCUT2D eigenvalue weighted by molar-refractivity contribution is -0.138. The van der Waals surface area contributed by atoms with Crippen LogP contribution in [-0.2, 0) is 14.1 Å². The number of nitrogens with zero attached hydrogens (tertiary/aromatic N) is 1. The predicted octanol–water partition coefficient (Wildman–Crippen LogP) is 3.11. The number of carboxylic acids is 1. The fourth-order valence-corrected chi connectivity index (χ4v) is 3.41. The topological polar surface area (TPSA) is 110 Å². The summed E-state index contributed by atoms with van der Waals surface area (Å²) < 4.78 is 23.3. The minimum Gasteiger partial charge on any atom is -0.493 e. The molecule has 2 N–H and O–H groups in total. The summed E-state index contributed by atoms with van der Waals surface area (Å²) in [5, 5.41) is 22.1. The Kier molecular flexibility index (Phi) is 6.40. The predicted molar refractivity (Wildman–Crippen MR) is 120 cm³/mol. The molecule has 0 aliphatic carbocycles. The molecule has 168 valence electrons. The van der Waals surface area contributed by atoms with Crippen LogP contribution in [0.5, 0.6) is 11.5 Å². The Morgan fingerprint density at radius 2 is 1.59 bits per heavy atom. The van der Waals surface area contributed by atoms with E-state index in [2.05, 4.69) is 5.32 Å². The lowest BCUT2D eigenvalue weighted by Crippen LogP contribution is -2.41. The number of hydrogen-bond donors (Lipinski definition) is 2. The average molecular weight is 438 g/mol. The first-order valence-corrected chi connectivity index (χ1v) is 10.1. The van der Waals surface area contributed by atoms with Crippen LogP contribution in [-0.4, -0.2) is 43.6 Å². The number of carboxylic acid groups (broad SMARTS) is 1. The Morgan fingerprint density at radius 1 is 1.06 bits per heavy atom. The van der Waals surface area contributed by atoms with Crippen molar-refractivity contribution in [2.45, 2.75) is 44.9 Å². The molecule has 1 fully saturated rings. The summed E-state index contributed by atoms with van der Waals surface area (Å²) in [6, 6.07) is 10.8. The Hall–Kier alpha value is -3.22. The van der Waals surface area contributed by atoms with Crippen molar-refractivity contribution in [3.05, 3.63) is 47.5 Å². The minimum absolute atomic E-state index is 0.385. The van der Waals surface area contributed by atoms with Crippen molar-refractivity contribution in [3.8, 4) is 17.6 Å². The highest BCUT2D eigenvalue weighted by Crippen LogP contribution is 2.39. The molecule has 0 aromatic heterocycles. The summed E-state index contributed by atoms with van der Waals surface area (Å²) in [4.78, 5) is 12.3. The molecular weight excluding hydrogens is 411 g/mol. The minimum atomic E-state index is -1.14. The van der Waals surface area contributed by atoms with Crippen molar-refractivity contribution in [1.82, 2.24) is 0 Å². The van der Waals surface area contributed by atoms with E-state index in [-0.39, 0.29) is 0 Å². The van der Waals surface area contributed by atoms with Crippen LogP contribution in [0.3, 0.4) is 0 Å². The van der Waals surface area contributed by atoms with Crippen molar-refractivity contribution in [2.75, 3.05) is 19.5 Å². The maximum Gasteiger partial charge on any atom is 0.495 e. The highest BCUT2D eigenvalue weighted by molar-refractivity contribution is 6.63. The Balaban J connectivity index is 2.11. The fourth-order valence-electron chi connectivity index (χ4n) is 3.41. The summed E-state index contributed by atoms with van der Waals surface area (Å²) in [6.07, 6.45) is 0. The number of methoxy groups -OCH3 is 2. The lowest BCUT2D eigenvalue weighted by atomic mass is 9.74. The van der Waals surface area contributed by atoms with E-state index >= 15 is 0 Å². The second-order valence-corrected chi connectivity index (χ2v) is 8.53. The maximum absolute atomic E-state index is 12.3. The van der Waals surface area contributed by atoms with Gasteiger partial charge in [-0.3, -0.25) is 0 Å². The van der Waals surface area contributed by atoms with Crippen LogP contribution in [0.2, 0.25) is 0 Å². The van der Waals surface area contributed by atoms with Crippen LogP contribution in [0.4, 0.5) is 5.69 Å². The van der Waals surface area contributed by atoms with Gasteiger partial charge in [-0.2, -0.15) is 5.26 Å². The number of ether oxygens (including phenoxy) is 2. The average Bonchev–Trinajstić information content (AvgIpc) is 2.98. The quantitative estimate of drug-likeness (QED) is 0.635. The Labute approximate surface area is 188 Å². The van der Waals surface area contributed by atoms with Crippen LogP contribution >= 0.6 is 0 Å². The molecule has 2 aromatic carbocycles. The molecule has 0 spiro atoms. The van der Waals surface area contributed by atoms with E-state index in [1.165, 1.54) is 14.2 Å². The van der Waals surface area contributed by atoms with Gasteiger partial charge in [0.2, 0.25) is 0 Å². The summed E-state index contributed by atoms with van der Waals surface area (Å²) in [7, 11) is 2.19. The maximum atomic E-state index is 12.3. The largest absolute Gasteiger partial charge is 0.495 e. The van der Waals surface area contributed by atoms with E-state index < -0.39 is 30.3 Å². The molecule has 1 aliphatic rings. The molecule has 0 radical (unpaired) electrons. The molecule has 3 rings (SSSR count). The molecule has 8 nitrogen and oxygen atoms in total. The summed E-state index contributed by atoms with van der Waals surface area (Å²) in [6.45, 7) is 7.71. The third kappa shape index (κ3) is 4.38. The number of nitrogens with one attached hydrogen (secondary N) is 1. The summed E-state index contributed by atoms with van der Waals surface area (Å²) >= 11 is 0. The van der Waals surface area contributed by atoms with Gasteiger partial charge in [-0.05, 0) is 75.1 Å². The molecule has 32 heavy (non-hydrogen) atoms. The number of hydrogen-bond acceptors (Lipinski definition) is 7. The van der Waals surface area contributed by atoms with Crippen molar-refractivity contribution in [2.24, 2.45) is 0 Å². The second kappa shape index (κ2) is 8.73. The highest BCUT2D eigenvalue weighted by Gasteiger charge is 2.53. The van der Waals surface area contributed by atoms with Crippen molar-refractivity contribution in [3.63, 3.8) is 0 Å². The number of benzene rings is 2. The van der Waals surface area contributed by atoms with Gasteiger partial charge in [0, 0.05) is 5.69 Å². The molecule has 1 aliphatic heterocycles. The first kappa shape index (κ1) is 23.4. The normalized spacial score (nSPS) is 17.3. The van der Waals surface area contributed by atoms with Crippen LogP contribution < -0.4 is 20.3 Å². The zero-order valence-electron chi connectivity index (χ0n) is 19.1. The van der Waals surface area contributed by atoms with Gasteiger partial charge in [0.1, 0.15) is 6.04 Å². The van der Waals surface area contributed by atoms with Gasteiger partial charge < -0.3 is 29.2 Å². The molecule has 0 amide bonds. The molecule has 0 saturated carbocycles. The molecule has 1 heterocycles. The number of rotatable bonds is 7. The second-order valence-electron chi connectivity index (χ2n) is 8.53. The van der Waals surface area contributed by atoms with Gasteiger partial charge in [0.15, 0.2) is 11.5 Å². The molecule has 2 aromatic rings. The van der Waals surface area contributed by atoms with Gasteiger partial charge in [0.25, 0.3) is 0 Å². The van der Waals surface area contributed by atoms with Gasteiger partial charge in [0.05, 0.1) is 37.1 Å². The van der Waals surface area contributed by atoms with Crippen molar-refractivity contribution >= 4 is 24.2 Å². The molecule has 1 atom stereocenters. The SMILES string of the molecule is COc1cc(B2OC(C)(C)C(C)(C)O2)c(C(Nc2ccc(C#N)cc2)C(=O)O)cc1OC. The third-order valence-corrected chi connectivity index (χ3v) is 5.98. The van der Waals surface area contributed by atoms with E-state index in [9.17, 15) is 9.90 Å². The van der Waals surface area contributed by atoms with Gasteiger partial charge in [-0.25, -0.2) is 4.79 Å². The number of nitriles is 1. The lowest BCUT2D eigenvalue weighted by Gasteiger charge is -2.32. The smallest absolute Gasteiger partial charge is 0.493 e. The van der Waals surface area contributed by atoms with E-state index in [1.807, 2.05) is 33.8 Å². The molecule has 9 heteroatoms. The monoisotopic (exact) mass is 438 g/mol. The number of carbonyl (C=O) groups is 1. The zero-order chi connectivity index (χ0) is 23.7. The van der Waals surface area contributed by atoms with E-state index in [0.29, 0.717) is 33.8 Å². The van der Waals surface area contributed by atoms with Crippen molar-refractivity contribution in [1.29, 1.82) is 5.26 Å². The fraction of sp³-hybridized carbons (Fsp3) is 0.391. The molecule has 1 saturated heterocycles. The molecule has 1 unspecified atom stereocenters. The van der Waals surface area contributed by atoms with Gasteiger partial charge in [-0.15, -0.1) is 0 Å². The molecule has 0 bridgehead atoms. The standard InChI is InChI=1S/C23H27BN2O6/c1-22(2)23(3,4)32-24(31-22)17-12-19(30-6)18(29-5)11-16(17)20(21(27)28)26-15-9-7-14(13-25)8-10-15/h7-12,20,26H,1-6H3,(H,27,28). The number of anilines is 1. The van der Waals surface area contributed by atoms with Crippen LogP contribution in [0.15, 0.2) is 36.4 Å². The number of aliphatic carboxylic acids is 1. The summed E-state index contributed by atoms with van der Waals surface area (Å²) in [5.41, 5.74) is 0.744. The zero-order valence-corrected chi connectivity index (χ0v) is 19.1. The summed E-state index contributed by atoms with van der Waals surface area (Å²) in [5.74, 6) is -0.279. The Bertz CT molecular complexity index is 1030. The van der Waals surface area contributed by atoms with E-state index in [0.717, 1.165) is 0 Å². The van der Waals surface area contributed by atoms with Crippen LogP contribution in [0.25, 0.3) is 0 Å². The first-order valence-electron chi connectivity index (χ1n) is 10.1. The van der Waals surface area contributed by atoms with E-state index in [1.54, 1.807) is 36.4 Å². The highest BCUT2D eigenvalue weighted by atomic mass is 16.7. The van der Waals surface area contributed by atoms with E-state index in [4.69, 9.17) is 24.0 Å². The van der Waals surface area contributed by atoms with Gasteiger partial charge in [-0.1, -0.05) is 0 Å². The van der Waals surface area contributed by atoms with Crippen molar-refractivity contribution < 1.29 is 28.7 Å². The first-order chi connectivity index (χ1) is 15.0. The van der Waals surface area contributed by atoms with Gasteiger partial charge >= 0.3 is 13.1 Å². The Morgan fingerprint density at radius 3 is 2.06 bits per heavy atom.